The minimum Gasteiger partial charge on any atom is -0.356 e. The summed E-state index contributed by atoms with van der Waals surface area (Å²) in [4.78, 5) is 23.2. The Hall–Kier alpha value is -1.10. The third-order valence-corrected chi connectivity index (χ3v) is 3.72. The SMILES string of the molecule is CCNC(=O)CCNC(=O)C1CCCC(N)C1C. The van der Waals surface area contributed by atoms with Crippen LogP contribution >= 0.6 is 0 Å². The van der Waals surface area contributed by atoms with E-state index in [1.807, 2.05) is 13.8 Å². The first kappa shape index (κ1) is 15.0. The lowest BCUT2D eigenvalue weighted by Crippen LogP contribution is -2.44. The van der Waals surface area contributed by atoms with Crippen molar-refractivity contribution in [2.75, 3.05) is 13.1 Å². The molecule has 3 unspecified atom stereocenters. The number of nitrogens with two attached hydrogens (primary N) is 1. The molecule has 0 aromatic rings. The third kappa shape index (κ3) is 4.29. The van der Waals surface area contributed by atoms with E-state index >= 15 is 0 Å². The van der Waals surface area contributed by atoms with E-state index < -0.39 is 0 Å². The van der Waals surface area contributed by atoms with Gasteiger partial charge in [0.2, 0.25) is 11.8 Å². The summed E-state index contributed by atoms with van der Waals surface area (Å²) in [7, 11) is 0. The monoisotopic (exact) mass is 255 g/mol. The molecule has 0 aromatic heterocycles. The summed E-state index contributed by atoms with van der Waals surface area (Å²) in [6, 6.07) is 0.123. The van der Waals surface area contributed by atoms with Crippen molar-refractivity contribution >= 4 is 11.8 Å². The van der Waals surface area contributed by atoms with Crippen LogP contribution in [0, 0.1) is 11.8 Å². The van der Waals surface area contributed by atoms with Crippen molar-refractivity contribution in [2.24, 2.45) is 17.6 Å². The second kappa shape index (κ2) is 7.36. The van der Waals surface area contributed by atoms with Gasteiger partial charge in [-0.1, -0.05) is 13.3 Å². The number of hydrogen-bond acceptors (Lipinski definition) is 3. The Bertz CT molecular complexity index is 294. The van der Waals surface area contributed by atoms with Crippen molar-refractivity contribution in [3.63, 3.8) is 0 Å². The van der Waals surface area contributed by atoms with Crippen LogP contribution in [-0.4, -0.2) is 30.9 Å². The fourth-order valence-corrected chi connectivity index (χ4v) is 2.48. The zero-order valence-electron chi connectivity index (χ0n) is 11.4. The average Bonchev–Trinajstić information content (AvgIpc) is 2.33. The lowest BCUT2D eigenvalue weighted by Gasteiger charge is -2.32. The number of carbonyl (C=O) groups excluding carboxylic acids is 2. The van der Waals surface area contributed by atoms with Gasteiger partial charge >= 0.3 is 0 Å². The first-order chi connectivity index (χ1) is 8.56. The predicted molar refractivity (Wildman–Crippen MR) is 70.8 cm³/mol. The number of hydrogen-bond donors (Lipinski definition) is 3. The van der Waals surface area contributed by atoms with E-state index in [0.717, 1.165) is 19.3 Å². The van der Waals surface area contributed by atoms with Crippen LogP contribution < -0.4 is 16.4 Å². The Kier molecular flexibility index (Phi) is 6.12. The standard InChI is InChI=1S/C13H25N3O2/c1-3-15-12(17)7-8-16-13(18)10-5-4-6-11(14)9(10)2/h9-11H,3-8,14H2,1-2H3,(H,15,17)(H,16,18). The predicted octanol–water partition coefficient (Wildman–Crippen LogP) is 0.392. The molecule has 0 radical (unpaired) electrons. The second-order valence-electron chi connectivity index (χ2n) is 5.05. The first-order valence-corrected chi connectivity index (χ1v) is 6.86. The molecule has 5 heteroatoms. The molecule has 4 N–H and O–H groups in total. The summed E-state index contributed by atoms with van der Waals surface area (Å²) >= 11 is 0. The van der Waals surface area contributed by atoms with Crippen LogP contribution in [0.3, 0.4) is 0 Å². The zero-order valence-corrected chi connectivity index (χ0v) is 11.4. The highest BCUT2D eigenvalue weighted by molar-refractivity contribution is 5.80. The summed E-state index contributed by atoms with van der Waals surface area (Å²) in [5, 5.41) is 5.54. The Balaban J connectivity index is 2.29. The van der Waals surface area contributed by atoms with Crippen molar-refractivity contribution in [1.82, 2.24) is 10.6 Å². The summed E-state index contributed by atoms with van der Waals surface area (Å²) in [6.45, 7) is 4.95. The molecular weight excluding hydrogens is 230 g/mol. The molecule has 0 saturated heterocycles. The molecule has 0 spiro atoms. The summed E-state index contributed by atoms with van der Waals surface area (Å²) in [6.07, 6.45) is 3.26. The quantitative estimate of drug-likeness (QED) is 0.664. The molecule has 0 bridgehead atoms. The molecule has 0 aromatic carbocycles. The van der Waals surface area contributed by atoms with Crippen LogP contribution in [0.15, 0.2) is 0 Å². The lowest BCUT2D eigenvalue weighted by atomic mass is 9.77. The van der Waals surface area contributed by atoms with Gasteiger partial charge in [0.1, 0.15) is 0 Å². The van der Waals surface area contributed by atoms with Gasteiger partial charge < -0.3 is 16.4 Å². The van der Waals surface area contributed by atoms with E-state index in [-0.39, 0.29) is 29.7 Å². The van der Waals surface area contributed by atoms with E-state index in [1.165, 1.54) is 0 Å². The van der Waals surface area contributed by atoms with Gasteiger partial charge in [0, 0.05) is 31.5 Å². The Morgan fingerprint density at radius 3 is 2.67 bits per heavy atom. The molecule has 2 amide bonds. The maximum Gasteiger partial charge on any atom is 0.223 e. The van der Waals surface area contributed by atoms with E-state index in [4.69, 9.17) is 5.73 Å². The minimum atomic E-state index is -0.0220. The van der Waals surface area contributed by atoms with E-state index in [2.05, 4.69) is 10.6 Å². The van der Waals surface area contributed by atoms with Gasteiger partial charge in [0.15, 0.2) is 0 Å². The summed E-state index contributed by atoms with van der Waals surface area (Å²) in [5.41, 5.74) is 5.98. The normalized spacial score (nSPS) is 27.6. The fraction of sp³-hybridized carbons (Fsp3) is 0.846. The zero-order chi connectivity index (χ0) is 13.5. The number of carbonyl (C=O) groups is 2. The number of amides is 2. The molecule has 1 aliphatic carbocycles. The molecule has 1 saturated carbocycles. The lowest BCUT2D eigenvalue weighted by molar-refractivity contribution is -0.128. The Labute approximate surface area is 109 Å². The molecule has 3 atom stereocenters. The number of nitrogens with one attached hydrogen (secondary N) is 2. The first-order valence-electron chi connectivity index (χ1n) is 6.86. The van der Waals surface area contributed by atoms with Crippen LogP contribution in [0.2, 0.25) is 0 Å². The molecule has 1 rings (SSSR count). The Morgan fingerprint density at radius 1 is 1.28 bits per heavy atom. The summed E-state index contributed by atoms with van der Waals surface area (Å²) in [5.74, 6) is 0.249. The maximum atomic E-state index is 12.0. The third-order valence-electron chi connectivity index (χ3n) is 3.72. The van der Waals surface area contributed by atoms with Gasteiger partial charge in [0.05, 0.1) is 0 Å². The van der Waals surface area contributed by atoms with Crippen molar-refractivity contribution in [1.29, 1.82) is 0 Å². The van der Waals surface area contributed by atoms with Crippen molar-refractivity contribution in [2.45, 2.75) is 45.6 Å². The second-order valence-corrected chi connectivity index (χ2v) is 5.05. The van der Waals surface area contributed by atoms with Gasteiger partial charge in [-0.2, -0.15) is 0 Å². The fourth-order valence-electron chi connectivity index (χ4n) is 2.48. The molecule has 18 heavy (non-hydrogen) atoms. The molecule has 0 aliphatic heterocycles. The molecule has 1 fully saturated rings. The molecule has 1 aliphatic rings. The average molecular weight is 255 g/mol. The Morgan fingerprint density at radius 2 is 2.00 bits per heavy atom. The van der Waals surface area contributed by atoms with Crippen molar-refractivity contribution in [3.05, 3.63) is 0 Å². The van der Waals surface area contributed by atoms with E-state index in [1.54, 1.807) is 0 Å². The van der Waals surface area contributed by atoms with Crippen molar-refractivity contribution < 1.29 is 9.59 Å². The summed E-state index contributed by atoms with van der Waals surface area (Å²) < 4.78 is 0. The van der Waals surface area contributed by atoms with Crippen LogP contribution in [0.25, 0.3) is 0 Å². The molecule has 104 valence electrons. The van der Waals surface area contributed by atoms with E-state index in [9.17, 15) is 9.59 Å². The van der Waals surface area contributed by atoms with Crippen LogP contribution in [0.1, 0.15) is 39.5 Å². The smallest absolute Gasteiger partial charge is 0.223 e. The minimum absolute atomic E-state index is 0.00277. The highest BCUT2D eigenvalue weighted by Crippen LogP contribution is 2.28. The highest BCUT2D eigenvalue weighted by Gasteiger charge is 2.32. The van der Waals surface area contributed by atoms with E-state index in [0.29, 0.717) is 19.5 Å². The van der Waals surface area contributed by atoms with Gasteiger partial charge in [-0.3, -0.25) is 9.59 Å². The largest absolute Gasteiger partial charge is 0.356 e. The van der Waals surface area contributed by atoms with Crippen LogP contribution in [-0.2, 0) is 9.59 Å². The van der Waals surface area contributed by atoms with Gasteiger partial charge in [0.25, 0.3) is 0 Å². The van der Waals surface area contributed by atoms with Gasteiger partial charge in [-0.05, 0) is 25.7 Å². The van der Waals surface area contributed by atoms with Crippen LogP contribution in [0.4, 0.5) is 0 Å². The molecule has 5 nitrogen and oxygen atoms in total. The van der Waals surface area contributed by atoms with Crippen molar-refractivity contribution in [3.8, 4) is 0 Å². The van der Waals surface area contributed by atoms with Gasteiger partial charge in [-0.15, -0.1) is 0 Å². The molecule has 0 heterocycles. The highest BCUT2D eigenvalue weighted by atomic mass is 16.2. The maximum absolute atomic E-state index is 12.0. The molecular formula is C13H25N3O2. The topological polar surface area (TPSA) is 84.2 Å². The van der Waals surface area contributed by atoms with Crippen LogP contribution in [0.5, 0.6) is 0 Å². The van der Waals surface area contributed by atoms with Gasteiger partial charge in [-0.25, -0.2) is 0 Å². The number of rotatable bonds is 5.